The Kier molecular flexibility index (Phi) is 4.27. The molecule has 0 aromatic carbocycles. The van der Waals surface area contributed by atoms with Gasteiger partial charge in [0.15, 0.2) is 5.89 Å². The number of rotatable bonds is 4. The maximum atomic E-state index is 12.7. The molecule has 2 aromatic rings. The first-order chi connectivity index (χ1) is 10.7. The highest BCUT2D eigenvalue weighted by Gasteiger charge is 2.28. The van der Waals surface area contributed by atoms with Crippen molar-refractivity contribution in [3.05, 3.63) is 36.1 Å². The number of piperidine rings is 1. The molecule has 22 heavy (non-hydrogen) atoms. The molecular formula is C16H22N4O2. The summed E-state index contributed by atoms with van der Waals surface area (Å²) < 4.78 is 7.68. The third-order valence-corrected chi connectivity index (χ3v) is 4.17. The van der Waals surface area contributed by atoms with Crippen molar-refractivity contribution in [1.29, 1.82) is 0 Å². The lowest BCUT2D eigenvalue weighted by molar-refractivity contribution is 0.0627. The smallest absolute Gasteiger partial charge is 0.291 e. The van der Waals surface area contributed by atoms with Crippen molar-refractivity contribution >= 4 is 5.91 Å². The van der Waals surface area contributed by atoms with E-state index in [4.69, 9.17) is 4.42 Å². The Bertz CT molecular complexity index is 633. The quantitative estimate of drug-likeness (QED) is 0.869. The number of aromatic nitrogens is 3. The van der Waals surface area contributed by atoms with Crippen LogP contribution >= 0.6 is 0 Å². The van der Waals surface area contributed by atoms with E-state index < -0.39 is 0 Å². The minimum absolute atomic E-state index is 0.0277. The van der Waals surface area contributed by atoms with Gasteiger partial charge >= 0.3 is 0 Å². The Balaban J connectivity index is 1.68. The monoisotopic (exact) mass is 302 g/mol. The van der Waals surface area contributed by atoms with Crippen LogP contribution in [0.3, 0.4) is 0 Å². The van der Waals surface area contributed by atoms with Gasteiger partial charge in [-0.3, -0.25) is 4.79 Å². The van der Waals surface area contributed by atoms with Crippen LogP contribution < -0.4 is 0 Å². The van der Waals surface area contributed by atoms with Crippen molar-refractivity contribution in [2.45, 2.75) is 39.7 Å². The van der Waals surface area contributed by atoms with E-state index in [9.17, 15) is 4.79 Å². The number of likely N-dealkylation sites (tertiary alicyclic amines) is 1. The van der Waals surface area contributed by atoms with Gasteiger partial charge < -0.3 is 13.9 Å². The lowest BCUT2D eigenvalue weighted by atomic mass is 9.97. The Morgan fingerprint density at radius 3 is 3.05 bits per heavy atom. The van der Waals surface area contributed by atoms with E-state index in [1.54, 1.807) is 6.20 Å². The predicted molar refractivity (Wildman–Crippen MR) is 81.5 cm³/mol. The molecule has 118 valence electrons. The van der Waals surface area contributed by atoms with E-state index >= 15 is 0 Å². The van der Waals surface area contributed by atoms with Gasteiger partial charge in [-0.1, -0.05) is 6.92 Å². The van der Waals surface area contributed by atoms with Gasteiger partial charge in [0.2, 0.25) is 5.76 Å². The summed E-state index contributed by atoms with van der Waals surface area (Å²) in [4.78, 5) is 22.9. The van der Waals surface area contributed by atoms with Gasteiger partial charge in [0.25, 0.3) is 5.91 Å². The van der Waals surface area contributed by atoms with Gasteiger partial charge in [-0.2, -0.15) is 0 Å². The highest BCUT2D eigenvalue weighted by molar-refractivity contribution is 5.92. The molecule has 0 spiro atoms. The van der Waals surface area contributed by atoms with Crippen molar-refractivity contribution in [3.63, 3.8) is 0 Å². The molecule has 3 rings (SSSR count). The van der Waals surface area contributed by atoms with Crippen LogP contribution in [0, 0.1) is 12.8 Å². The molecule has 0 N–H and O–H groups in total. The lowest BCUT2D eigenvalue weighted by Gasteiger charge is -2.32. The van der Waals surface area contributed by atoms with E-state index in [-0.39, 0.29) is 5.91 Å². The van der Waals surface area contributed by atoms with Crippen molar-refractivity contribution in [1.82, 2.24) is 19.4 Å². The molecular weight excluding hydrogens is 280 g/mol. The molecule has 0 radical (unpaired) electrons. The Morgan fingerprint density at radius 2 is 2.36 bits per heavy atom. The molecule has 0 aliphatic carbocycles. The highest BCUT2D eigenvalue weighted by Crippen LogP contribution is 2.22. The number of carbonyl (C=O) groups is 1. The number of amides is 1. The first kappa shape index (κ1) is 14.8. The van der Waals surface area contributed by atoms with Crippen LogP contribution in [0.1, 0.15) is 41.9 Å². The topological polar surface area (TPSA) is 64.2 Å². The third-order valence-electron chi connectivity index (χ3n) is 4.17. The van der Waals surface area contributed by atoms with Gasteiger partial charge in [0.05, 0.1) is 12.0 Å². The summed E-state index contributed by atoms with van der Waals surface area (Å²) in [6, 6.07) is 0. The molecule has 0 saturated carbocycles. The number of aryl methyl sites for hydroxylation is 2. The number of oxazole rings is 1. The van der Waals surface area contributed by atoms with Crippen LogP contribution in [0.2, 0.25) is 0 Å². The molecule has 0 unspecified atom stereocenters. The third kappa shape index (κ3) is 3.05. The zero-order valence-corrected chi connectivity index (χ0v) is 13.2. The Hall–Kier alpha value is -2.11. The molecule has 0 bridgehead atoms. The van der Waals surface area contributed by atoms with Crippen LogP contribution in [0.4, 0.5) is 0 Å². The predicted octanol–water partition coefficient (Wildman–Crippen LogP) is 2.29. The van der Waals surface area contributed by atoms with Gasteiger partial charge in [-0.25, -0.2) is 9.97 Å². The van der Waals surface area contributed by atoms with E-state index in [0.29, 0.717) is 29.7 Å². The summed E-state index contributed by atoms with van der Waals surface area (Å²) in [7, 11) is 0. The average Bonchev–Trinajstić information content (AvgIpc) is 3.16. The highest BCUT2D eigenvalue weighted by atomic mass is 16.4. The zero-order valence-electron chi connectivity index (χ0n) is 13.2. The largest absolute Gasteiger partial charge is 0.435 e. The number of imidazole rings is 1. The zero-order chi connectivity index (χ0) is 15.5. The van der Waals surface area contributed by atoms with Crippen molar-refractivity contribution in [2.75, 3.05) is 13.1 Å². The molecule has 1 atom stereocenters. The van der Waals surface area contributed by atoms with Crippen molar-refractivity contribution in [3.8, 4) is 0 Å². The fourth-order valence-corrected chi connectivity index (χ4v) is 3.04. The molecule has 6 heteroatoms. The second-order valence-corrected chi connectivity index (χ2v) is 5.89. The first-order valence-corrected chi connectivity index (χ1v) is 7.88. The van der Waals surface area contributed by atoms with Crippen LogP contribution in [0.25, 0.3) is 0 Å². The molecule has 1 amide bonds. The summed E-state index contributed by atoms with van der Waals surface area (Å²) in [6.45, 7) is 6.27. The molecule has 1 saturated heterocycles. The normalized spacial score (nSPS) is 18.6. The molecule has 6 nitrogen and oxygen atoms in total. The lowest BCUT2D eigenvalue weighted by Crippen LogP contribution is -2.41. The molecule has 3 heterocycles. The van der Waals surface area contributed by atoms with E-state index in [1.807, 2.05) is 31.3 Å². The average molecular weight is 302 g/mol. The van der Waals surface area contributed by atoms with E-state index in [0.717, 1.165) is 32.5 Å². The summed E-state index contributed by atoms with van der Waals surface area (Å²) in [5.74, 6) is 1.47. The Morgan fingerprint density at radius 1 is 1.50 bits per heavy atom. The van der Waals surface area contributed by atoms with E-state index in [1.165, 1.54) is 0 Å². The molecule has 1 fully saturated rings. The van der Waals surface area contributed by atoms with E-state index in [2.05, 4.69) is 14.5 Å². The first-order valence-electron chi connectivity index (χ1n) is 7.88. The fraction of sp³-hybridized carbons (Fsp3) is 0.562. The number of nitrogens with zero attached hydrogens (tertiary/aromatic N) is 4. The maximum absolute atomic E-state index is 12.7. The summed E-state index contributed by atoms with van der Waals surface area (Å²) in [6.07, 6.45) is 8.45. The number of hydrogen-bond donors (Lipinski definition) is 0. The summed E-state index contributed by atoms with van der Waals surface area (Å²) in [5.41, 5.74) is 0.693. The van der Waals surface area contributed by atoms with Crippen LogP contribution in [-0.2, 0) is 13.0 Å². The summed E-state index contributed by atoms with van der Waals surface area (Å²) >= 11 is 0. The van der Waals surface area contributed by atoms with Crippen molar-refractivity contribution in [2.24, 2.45) is 5.92 Å². The molecule has 2 aromatic heterocycles. The Labute approximate surface area is 130 Å². The maximum Gasteiger partial charge on any atom is 0.291 e. The van der Waals surface area contributed by atoms with Crippen LogP contribution in [0.15, 0.2) is 23.1 Å². The second kappa shape index (κ2) is 6.34. The second-order valence-electron chi connectivity index (χ2n) is 5.89. The van der Waals surface area contributed by atoms with Gasteiger partial charge in [0.1, 0.15) is 0 Å². The molecule has 1 aliphatic heterocycles. The van der Waals surface area contributed by atoms with Gasteiger partial charge in [0, 0.05) is 38.4 Å². The van der Waals surface area contributed by atoms with Crippen LogP contribution in [-0.4, -0.2) is 38.4 Å². The number of carbonyl (C=O) groups excluding carboxylic acids is 1. The van der Waals surface area contributed by atoms with Gasteiger partial charge in [-0.05, 0) is 25.7 Å². The van der Waals surface area contributed by atoms with Gasteiger partial charge in [-0.15, -0.1) is 0 Å². The minimum atomic E-state index is -0.0277. The minimum Gasteiger partial charge on any atom is -0.435 e. The fourth-order valence-electron chi connectivity index (χ4n) is 3.04. The SMILES string of the molecule is CCc1nc(C)c(C(=O)N2CCC[C@H](Cn3ccnc3)C2)o1. The molecule has 1 aliphatic rings. The van der Waals surface area contributed by atoms with Crippen molar-refractivity contribution < 1.29 is 9.21 Å². The standard InChI is InChI=1S/C16H22N4O2/c1-3-14-18-12(2)15(22-14)16(21)20-7-4-5-13(10-20)9-19-8-6-17-11-19/h6,8,11,13H,3-5,7,9-10H2,1-2H3/t13-/m1/s1. The summed E-state index contributed by atoms with van der Waals surface area (Å²) in [5, 5.41) is 0. The van der Waals surface area contributed by atoms with Crippen LogP contribution in [0.5, 0.6) is 0 Å². The number of hydrogen-bond acceptors (Lipinski definition) is 4.